The summed E-state index contributed by atoms with van der Waals surface area (Å²) in [6, 6.07) is 6.74. The van der Waals surface area contributed by atoms with Crippen LogP contribution in [0.15, 0.2) is 30.6 Å². The predicted molar refractivity (Wildman–Crippen MR) is 105 cm³/mol. The van der Waals surface area contributed by atoms with Crippen LogP contribution in [0.1, 0.15) is 42.9 Å². The van der Waals surface area contributed by atoms with Crippen molar-refractivity contribution in [2.24, 2.45) is 0 Å². The average molecular weight is 356 g/mol. The summed E-state index contributed by atoms with van der Waals surface area (Å²) in [4.78, 5) is 17.1. The van der Waals surface area contributed by atoms with Gasteiger partial charge < -0.3 is 5.73 Å². The Kier molecular flexibility index (Phi) is 5.60. The van der Waals surface area contributed by atoms with Gasteiger partial charge in [0, 0.05) is 42.8 Å². The predicted octanol–water partition coefficient (Wildman–Crippen LogP) is 3.86. The number of hydrogen-bond acceptors (Lipinski definition) is 6. The van der Waals surface area contributed by atoms with Gasteiger partial charge in [-0.15, -0.1) is 11.3 Å². The summed E-state index contributed by atoms with van der Waals surface area (Å²) in [7, 11) is 0. The van der Waals surface area contributed by atoms with Crippen LogP contribution in [-0.4, -0.2) is 32.9 Å². The number of fused-ring (bicyclic) bond motifs is 2. The Hall–Kier alpha value is -2.05. The molecule has 1 atom stereocenters. The number of nitrogens with zero attached hydrogens (tertiary/aromatic N) is 4. The Bertz CT molecular complexity index is 819. The first-order valence-corrected chi connectivity index (χ1v) is 9.71. The largest absolute Gasteiger partial charge is 0.375 e. The van der Waals surface area contributed by atoms with E-state index < -0.39 is 0 Å². The number of nitrogen functional groups attached to an aromatic ring is 1. The van der Waals surface area contributed by atoms with Gasteiger partial charge in [0.05, 0.1) is 16.7 Å². The molecule has 4 rings (SSSR count). The van der Waals surface area contributed by atoms with Gasteiger partial charge in [-0.3, -0.25) is 14.9 Å². The molecule has 0 fully saturated rings. The third-order valence-corrected chi connectivity index (χ3v) is 5.57. The number of rotatable bonds is 2. The molecular formula is C19H25N5S. The molecule has 1 aromatic carbocycles. The molecule has 0 bridgehead atoms. The highest BCUT2D eigenvalue weighted by atomic mass is 32.1. The number of thiazole rings is 1. The Morgan fingerprint density at radius 2 is 1.80 bits per heavy atom. The highest BCUT2D eigenvalue weighted by Crippen LogP contribution is 2.28. The minimum Gasteiger partial charge on any atom is -0.375 e. The van der Waals surface area contributed by atoms with Crippen molar-refractivity contribution in [1.82, 2.24) is 19.9 Å². The zero-order valence-corrected chi connectivity index (χ0v) is 15.9. The zero-order chi connectivity index (χ0) is 17.8. The molecule has 1 aliphatic rings. The van der Waals surface area contributed by atoms with Crippen LogP contribution in [0.5, 0.6) is 0 Å². The Morgan fingerprint density at radius 3 is 2.60 bits per heavy atom. The van der Waals surface area contributed by atoms with Crippen LogP contribution < -0.4 is 5.73 Å². The van der Waals surface area contributed by atoms with Crippen LogP contribution in [0.3, 0.4) is 0 Å². The molecule has 2 aromatic heterocycles. The van der Waals surface area contributed by atoms with Crippen molar-refractivity contribution in [3.8, 4) is 0 Å². The second-order valence-corrected chi connectivity index (χ2v) is 7.05. The van der Waals surface area contributed by atoms with E-state index in [2.05, 4.69) is 45.0 Å². The Balaban J connectivity index is 0.000000880. The molecule has 1 aliphatic heterocycles. The monoisotopic (exact) mass is 355 g/mol. The lowest BCUT2D eigenvalue weighted by Gasteiger charge is -2.28. The van der Waals surface area contributed by atoms with Gasteiger partial charge in [-0.25, -0.2) is 4.98 Å². The van der Waals surface area contributed by atoms with Gasteiger partial charge in [0.15, 0.2) is 5.13 Å². The molecule has 6 heteroatoms. The van der Waals surface area contributed by atoms with E-state index in [1.807, 2.05) is 13.8 Å². The van der Waals surface area contributed by atoms with Crippen molar-refractivity contribution in [1.29, 1.82) is 0 Å². The highest BCUT2D eigenvalue weighted by Gasteiger charge is 2.22. The number of hydrogen-bond donors (Lipinski definition) is 1. The summed E-state index contributed by atoms with van der Waals surface area (Å²) >= 11 is 1.64. The minimum absolute atomic E-state index is 0.354. The highest BCUT2D eigenvalue weighted by molar-refractivity contribution is 7.15. The standard InChI is InChI=1S/C17H19N5S.C2H6/c1-11(12-2-3-13-15(10-12)20-7-6-19-13)22-8-4-14-16(5-9-22)23-17(18)21-14;1-2/h2-3,6-7,10-11H,4-5,8-9H2,1H3,(H2,18,21);1-2H3. The summed E-state index contributed by atoms with van der Waals surface area (Å²) in [5.74, 6) is 0. The van der Waals surface area contributed by atoms with Crippen LogP contribution in [0, 0.1) is 0 Å². The van der Waals surface area contributed by atoms with Gasteiger partial charge in [0.25, 0.3) is 0 Å². The lowest BCUT2D eigenvalue weighted by atomic mass is 10.1. The summed E-state index contributed by atoms with van der Waals surface area (Å²) in [5.41, 5.74) is 10.2. The van der Waals surface area contributed by atoms with Crippen molar-refractivity contribution >= 4 is 27.5 Å². The van der Waals surface area contributed by atoms with Crippen molar-refractivity contribution in [3.05, 3.63) is 46.7 Å². The molecule has 5 nitrogen and oxygen atoms in total. The second kappa shape index (κ2) is 7.89. The normalized spacial score (nSPS) is 15.8. The molecule has 1 unspecified atom stereocenters. The topological polar surface area (TPSA) is 67.9 Å². The third kappa shape index (κ3) is 3.80. The average Bonchev–Trinajstić information content (AvgIpc) is 2.91. The maximum Gasteiger partial charge on any atom is 0.180 e. The Labute approximate surface area is 152 Å². The first kappa shape index (κ1) is 17.8. The van der Waals surface area contributed by atoms with Crippen LogP contribution in [0.2, 0.25) is 0 Å². The molecule has 0 saturated heterocycles. The van der Waals surface area contributed by atoms with Gasteiger partial charge in [-0.05, 0) is 31.0 Å². The van der Waals surface area contributed by atoms with E-state index in [1.54, 1.807) is 23.7 Å². The van der Waals surface area contributed by atoms with Crippen molar-refractivity contribution < 1.29 is 0 Å². The SMILES string of the molecule is CC.CC(c1ccc2nccnc2c1)N1CCc2nc(N)sc2CC1. The lowest BCUT2D eigenvalue weighted by Crippen LogP contribution is -2.29. The van der Waals surface area contributed by atoms with E-state index in [4.69, 9.17) is 5.73 Å². The second-order valence-electron chi connectivity index (χ2n) is 5.94. The first-order valence-electron chi connectivity index (χ1n) is 8.89. The van der Waals surface area contributed by atoms with E-state index in [-0.39, 0.29) is 0 Å². The fourth-order valence-electron chi connectivity index (χ4n) is 3.24. The maximum atomic E-state index is 5.83. The van der Waals surface area contributed by atoms with Crippen LogP contribution in [-0.2, 0) is 12.8 Å². The molecule has 3 aromatic rings. The van der Waals surface area contributed by atoms with Crippen LogP contribution >= 0.6 is 11.3 Å². The molecule has 2 N–H and O–H groups in total. The smallest absolute Gasteiger partial charge is 0.180 e. The van der Waals surface area contributed by atoms with Crippen molar-refractivity contribution in [2.45, 2.75) is 39.7 Å². The number of aromatic nitrogens is 3. The van der Waals surface area contributed by atoms with E-state index in [0.717, 1.165) is 37.0 Å². The molecule has 0 spiro atoms. The van der Waals surface area contributed by atoms with E-state index in [0.29, 0.717) is 11.2 Å². The Morgan fingerprint density at radius 1 is 1.08 bits per heavy atom. The number of nitrogens with two attached hydrogens (primary N) is 1. The summed E-state index contributed by atoms with van der Waals surface area (Å²) in [6.07, 6.45) is 5.48. The molecule has 0 aliphatic carbocycles. The van der Waals surface area contributed by atoms with Gasteiger partial charge in [0.2, 0.25) is 0 Å². The molecule has 132 valence electrons. The van der Waals surface area contributed by atoms with E-state index in [9.17, 15) is 0 Å². The van der Waals surface area contributed by atoms with Gasteiger partial charge in [0.1, 0.15) is 0 Å². The molecule has 0 saturated carbocycles. The molecule has 0 amide bonds. The van der Waals surface area contributed by atoms with Crippen LogP contribution in [0.4, 0.5) is 5.13 Å². The van der Waals surface area contributed by atoms with E-state index >= 15 is 0 Å². The number of anilines is 1. The number of benzene rings is 1. The molecule has 3 heterocycles. The lowest BCUT2D eigenvalue weighted by molar-refractivity contribution is 0.221. The van der Waals surface area contributed by atoms with Gasteiger partial charge in [-0.1, -0.05) is 19.9 Å². The molecule has 0 radical (unpaired) electrons. The molecule has 25 heavy (non-hydrogen) atoms. The maximum absolute atomic E-state index is 5.83. The van der Waals surface area contributed by atoms with E-state index in [1.165, 1.54) is 16.1 Å². The third-order valence-electron chi connectivity index (χ3n) is 4.58. The fourth-order valence-corrected chi connectivity index (χ4v) is 4.11. The van der Waals surface area contributed by atoms with Crippen LogP contribution in [0.25, 0.3) is 11.0 Å². The molecular weight excluding hydrogens is 330 g/mol. The first-order chi connectivity index (χ1) is 12.2. The summed E-state index contributed by atoms with van der Waals surface area (Å²) in [5, 5.41) is 0.699. The van der Waals surface area contributed by atoms with Gasteiger partial charge in [-0.2, -0.15) is 0 Å². The van der Waals surface area contributed by atoms with Crippen molar-refractivity contribution in [3.63, 3.8) is 0 Å². The quantitative estimate of drug-likeness (QED) is 0.756. The van der Waals surface area contributed by atoms with Gasteiger partial charge >= 0.3 is 0 Å². The fraction of sp³-hybridized carbons (Fsp3) is 0.421. The minimum atomic E-state index is 0.354. The zero-order valence-electron chi connectivity index (χ0n) is 15.1. The summed E-state index contributed by atoms with van der Waals surface area (Å²) in [6.45, 7) is 8.31. The summed E-state index contributed by atoms with van der Waals surface area (Å²) < 4.78 is 0. The van der Waals surface area contributed by atoms with Crippen molar-refractivity contribution in [2.75, 3.05) is 18.8 Å².